The standard InChI is InChI=1S/C16H18P.HI/c1-2-17(14-8-4-3-5-9-14)15-10-6-7-11-16(17)13-12-15;/h3-13,15-16H,2H2,1H3;1H/q+1;/p-1/t15-,16+,17?;. The normalized spacial score (nSPS) is 32.1. The van der Waals surface area contributed by atoms with Crippen LogP contribution in [0.1, 0.15) is 6.92 Å². The van der Waals surface area contributed by atoms with Gasteiger partial charge in [0.1, 0.15) is 11.3 Å². The SMILES string of the molecule is CC[P+]1(c2ccccc2)[C@@H]2C=CC=C[C@H]1C=C2.[I-]. The summed E-state index contributed by atoms with van der Waals surface area (Å²) < 4.78 is 0. The van der Waals surface area contributed by atoms with Crippen LogP contribution in [0.4, 0.5) is 0 Å². The summed E-state index contributed by atoms with van der Waals surface area (Å²) >= 11 is 0. The number of benzene rings is 1. The van der Waals surface area contributed by atoms with Gasteiger partial charge in [0.2, 0.25) is 0 Å². The van der Waals surface area contributed by atoms with E-state index in [-0.39, 0.29) is 24.0 Å². The van der Waals surface area contributed by atoms with E-state index in [9.17, 15) is 0 Å². The van der Waals surface area contributed by atoms with E-state index in [1.165, 1.54) is 6.16 Å². The molecule has 0 saturated heterocycles. The fourth-order valence-electron chi connectivity index (χ4n) is 3.18. The summed E-state index contributed by atoms with van der Waals surface area (Å²) in [6.45, 7) is 2.36. The smallest absolute Gasteiger partial charge is 0.112 e. The van der Waals surface area contributed by atoms with E-state index >= 15 is 0 Å². The second-order valence-corrected chi connectivity index (χ2v) is 8.92. The summed E-state index contributed by atoms with van der Waals surface area (Å²) in [4.78, 5) is 0. The van der Waals surface area contributed by atoms with Crippen LogP contribution < -0.4 is 29.3 Å². The zero-order valence-electron chi connectivity index (χ0n) is 10.5. The quantitative estimate of drug-likeness (QED) is 0.412. The van der Waals surface area contributed by atoms with E-state index in [0.717, 1.165) is 0 Å². The maximum Gasteiger partial charge on any atom is 0.112 e. The van der Waals surface area contributed by atoms with E-state index < -0.39 is 7.26 Å². The molecule has 1 aromatic rings. The maximum absolute atomic E-state index is 2.43. The average Bonchev–Trinajstić information content (AvgIpc) is 2.60. The molecule has 0 aliphatic carbocycles. The molecule has 0 radical (unpaired) electrons. The minimum atomic E-state index is -1.12. The lowest BCUT2D eigenvalue weighted by atomic mass is 10.2. The van der Waals surface area contributed by atoms with E-state index in [1.807, 2.05) is 0 Å². The van der Waals surface area contributed by atoms with Gasteiger partial charge in [-0.25, -0.2) is 0 Å². The first-order chi connectivity index (χ1) is 8.38. The summed E-state index contributed by atoms with van der Waals surface area (Å²) in [6.07, 6.45) is 15.4. The lowest BCUT2D eigenvalue weighted by Gasteiger charge is -2.30. The number of hydrogen-bond donors (Lipinski definition) is 0. The summed E-state index contributed by atoms with van der Waals surface area (Å²) in [7, 11) is -1.12. The van der Waals surface area contributed by atoms with Gasteiger partial charge in [-0.2, -0.15) is 0 Å². The Morgan fingerprint density at radius 2 is 1.44 bits per heavy atom. The molecule has 3 atom stereocenters. The number of halogens is 1. The van der Waals surface area contributed by atoms with E-state index in [0.29, 0.717) is 11.3 Å². The van der Waals surface area contributed by atoms with Gasteiger partial charge in [0, 0.05) is 0 Å². The highest BCUT2D eigenvalue weighted by Crippen LogP contribution is 2.70. The lowest BCUT2D eigenvalue weighted by molar-refractivity contribution is -0.00000330. The molecular weight excluding hydrogens is 350 g/mol. The Labute approximate surface area is 127 Å². The van der Waals surface area contributed by atoms with Crippen molar-refractivity contribution in [3.63, 3.8) is 0 Å². The molecule has 0 amide bonds. The van der Waals surface area contributed by atoms with Gasteiger partial charge in [-0.15, -0.1) is 0 Å². The van der Waals surface area contributed by atoms with Gasteiger partial charge in [-0.3, -0.25) is 0 Å². The molecule has 1 unspecified atom stereocenters. The second kappa shape index (κ2) is 5.71. The molecule has 0 N–H and O–H groups in total. The first-order valence-electron chi connectivity index (χ1n) is 6.34. The predicted molar refractivity (Wildman–Crippen MR) is 78.5 cm³/mol. The largest absolute Gasteiger partial charge is 1.00 e. The van der Waals surface area contributed by atoms with Crippen LogP contribution in [0.5, 0.6) is 0 Å². The molecule has 0 aromatic heterocycles. The molecule has 0 spiro atoms. The Balaban J connectivity index is 0.00000120. The third-order valence-corrected chi connectivity index (χ3v) is 9.18. The van der Waals surface area contributed by atoms with Crippen molar-refractivity contribution in [3.05, 3.63) is 66.8 Å². The van der Waals surface area contributed by atoms with Gasteiger partial charge in [0.25, 0.3) is 0 Å². The zero-order valence-corrected chi connectivity index (χ0v) is 13.6. The number of rotatable bonds is 2. The number of fused-ring (bicyclic) bond motifs is 2. The van der Waals surface area contributed by atoms with Gasteiger partial charge < -0.3 is 24.0 Å². The predicted octanol–water partition coefficient (Wildman–Crippen LogP) is 0.786. The van der Waals surface area contributed by atoms with Crippen molar-refractivity contribution in [1.29, 1.82) is 0 Å². The van der Waals surface area contributed by atoms with Crippen LogP contribution >= 0.6 is 7.26 Å². The van der Waals surface area contributed by atoms with Crippen molar-refractivity contribution in [3.8, 4) is 0 Å². The fourth-order valence-corrected chi connectivity index (χ4v) is 7.83. The van der Waals surface area contributed by atoms with Crippen molar-refractivity contribution in [2.45, 2.75) is 18.2 Å². The monoisotopic (exact) mass is 368 g/mol. The van der Waals surface area contributed by atoms with Crippen LogP contribution in [-0.2, 0) is 0 Å². The second-order valence-electron chi connectivity index (χ2n) is 4.72. The average molecular weight is 368 g/mol. The molecular formula is C16H18IP. The van der Waals surface area contributed by atoms with Gasteiger partial charge >= 0.3 is 0 Å². The van der Waals surface area contributed by atoms with Crippen LogP contribution in [0.3, 0.4) is 0 Å². The van der Waals surface area contributed by atoms with Crippen LogP contribution in [0, 0.1) is 0 Å². The van der Waals surface area contributed by atoms with Gasteiger partial charge in [-0.05, 0) is 43.4 Å². The molecule has 2 heteroatoms. The Kier molecular flexibility index (Phi) is 4.45. The first kappa shape index (κ1) is 14.0. The summed E-state index contributed by atoms with van der Waals surface area (Å²) in [5.74, 6) is 0. The van der Waals surface area contributed by atoms with E-state index in [4.69, 9.17) is 0 Å². The molecule has 2 aliphatic heterocycles. The number of allylic oxidation sites excluding steroid dienone is 6. The van der Waals surface area contributed by atoms with Gasteiger partial charge in [0.05, 0.1) is 18.7 Å². The molecule has 1 aromatic carbocycles. The van der Waals surface area contributed by atoms with Crippen molar-refractivity contribution in [2.24, 2.45) is 0 Å². The Bertz CT molecular complexity index is 465. The third kappa shape index (κ3) is 2.02. The van der Waals surface area contributed by atoms with Crippen molar-refractivity contribution < 1.29 is 24.0 Å². The Morgan fingerprint density at radius 3 is 1.94 bits per heavy atom. The lowest BCUT2D eigenvalue weighted by Crippen LogP contribution is -3.00. The van der Waals surface area contributed by atoms with Crippen LogP contribution in [-0.4, -0.2) is 17.5 Å². The van der Waals surface area contributed by atoms with Crippen LogP contribution in [0.2, 0.25) is 0 Å². The van der Waals surface area contributed by atoms with E-state index in [1.54, 1.807) is 5.30 Å². The topological polar surface area (TPSA) is 0 Å². The molecule has 3 rings (SSSR count). The van der Waals surface area contributed by atoms with Gasteiger partial charge in [0.15, 0.2) is 0 Å². The molecule has 0 saturated carbocycles. The summed E-state index contributed by atoms with van der Waals surface area (Å²) in [5.41, 5.74) is 1.30. The summed E-state index contributed by atoms with van der Waals surface area (Å²) in [5, 5.41) is 1.58. The molecule has 0 fully saturated rings. The summed E-state index contributed by atoms with van der Waals surface area (Å²) in [6, 6.07) is 11.2. The Hall–Kier alpha value is -0.400. The first-order valence-corrected chi connectivity index (χ1v) is 8.45. The van der Waals surface area contributed by atoms with Crippen molar-refractivity contribution in [1.82, 2.24) is 0 Å². The Morgan fingerprint density at radius 1 is 0.889 bits per heavy atom. The third-order valence-electron chi connectivity index (χ3n) is 4.06. The number of hydrogen-bond acceptors (Lipinski definition) is 0. The van der Waals surface area contributed by atoms with Crippen molar-refractivity contribution in [2.75, 3.05) is 6.16 Å². The minimum Gasteiger partial charge on any atom is -1.00 e. The highest BCUT2D eigenvalue weighted by Gasteiger charge is 2.52. The molecule has 2 bridgehead atoms. The van der Waals surface area contributed by atoms with Crippen LogP contribution in [0.15, 0.2) is 66.8 Å². The van der Waals surface area contributed by atoms with E-state index in [2.05, 4.69) is 73.7 Å². The minimum absolute atomic E-state index is 0. The molecule has 18 heavy (non-hydrogen) atoms. The van der Waals surface area contributed by atoms with Crippen LogP contribution in [0.25, 0.3) is 0 Å². The van der Waals surface area contributed by atoms with Crippen molar-refractivity contribution >= 4 is 12.6 Å². The highest BCUT2D eigenvalue weighted by molar-refractivity contribution is 7.85. The highest BCUT2D eigenvalue weighted by atomic mass is 127. The molecule has 0 nitrogen and oxygen atoms in total. The maximum atomic E-state index is 2.43. The van der Waals surface area contributed by atoms with Gasteiger partial charge in [-0.1, -0.05) is 30.4 Å². The molecule has 2 heterocycles. The molecule has 94 valence electrons. The fraction of sp³-hybridized carbons (Fsp3) is 0.250. The molecule has 2 aliphatic rings. The zero-order chi connectivity index (χ0) is 11.7.